The number of anilines is 1. The molecule has 0 radical (unpaired) electrons. The Bertz CT molecular complexity index is 1010. The van der Waals surface area contributed by atoms with E-state index in [1.807, 2.05) is 12.2 Å². The van der Waals surface area contributed by atoms with Crippen LogP contribution in [0.3, 0.4) is 0 Å². The highest BCUT2D eigenvalue weighted by Crippen LogP contribution is 2.39. The maximum atomic E-state index is 13.4. The van der Waals surface area contributed by atoms with Crippen LogP contribution >= 0.6 is 11.6 Å². The Balaban J connectivity index is 1.49. The fraction of sp³-hybridized carbons (Fsp3) is 0.409. The van der Waals surface area contributed by atoms with E-state index in [0.29, 0.717) is 38.2 Å². The van der Waals surface area contributed by atoms with E-state index in [1.165, 1.54) is 12.1 Å². The van der Waals surface area contributed by atoms with Crippen molar-refractivity contribution in [2.24, 2.45) is 0 Å². The van der Waals surface area contributed by atoms with Crippen molar-refractivity contribution in [3.8, 4) is 0 Å². The van der Waals surface area contributed by atoms with Crippen LogP contribution in [0.15, 0.2) is 42.5 Å². The second-order valence-corrected chi connectivity index (χ2v) is 8.19. The summed E-state index contributed by atoms with van der Waals surface area (Å²) in [6.45, 7) is 2.04. The Labute approximate surface area is 188 Å². The van der Waals surface area contributed by atoms with Crippen LogP contribution < -0.4 is 4.90 Å². The molecule has 1 saturated heterocycles. The summed E-state index contributed by atoms with van der Waals surface area (Å²) in [5, 5.41) is 14.0. The number of piperazine rings is 1. The number of aromatic nitrogens is 2. The zero-order valence-electron chi connectivity index (χ0n) is 17.2. The van der Waals surface area contributed by atoms with Crippen LogP contribution in [0.25, 0.3) is 5.57 Å². The summed E-state index contributed by atoms with van der Waals surface area (Å²) in [5.74, 6) is -0.308. The summed E-state index contributed by atoms with van der Waals surface area (Å²) in [7, 11) is 0. The van der Waals surface area contributed by atoms with Crippen LogP contribution in [-0.4, -0.2) is 52.2 Å². The summed E-state index contributed by atoms with van der Waals surface area (Å²) >= 11 is 6.11. The maximum absolute atomic E-state index is 13.4. The van der Waals surface area contributed by atoms with Crippen molar-refractivity contribution in [1.82, 2.24) is 14.7 Å². The van der Waals surface area contributed by atoms with Crippen molar-refractivity contribution >= 4 is 22.9 Å². The zero-order chi connectivity index (χ0) is 22.9. The summed E-state index contributed by atoms with van der Waals surface area (Å²) in [4.78, 5) is 3.86. The smallest absolute Gasteiger partial charge is 0.376 e. The highest BCUT2D eigenvalue weighted by atomic mass is 35.5. The Kier molecular flexibility index (Phi) is 6.60. The predicted octanol–water partition coefficient (Wildman–Crippen LogP) is 4.57. The average Bonchev–Trinajstić information content (AvgIpc) is 3.11. The van der Waals surface area contributed by atoms with E-state index in [0.717, 1.165) is 16.8 Å². The molecule has 1 fully saturated rings. The summed E-state index contributed by atoms with van der Waals surface area (Å²) in [5.41, 5.74) is 0.464. The van der Waals surface area contributed by atoms with Crippen molar-refractivity contribution in [3.63, 3.8) is 0 Å². The number of nitrogens with zero attached hydrogens (tertiary/aromatic N) is 4. The first-order valence-corrected chi connectivity index (χ1v) is 10.7. The zero-order valence-corrected chi connectivity index (χ0v) is 18.0. The molecule has 1 atom stereocenters. The molecule has 0 amide bonds. The molecule has 1 aliphatic heterocycles. The lowest BCUT2D eigenvalue weighted by Gasteiger charge is -2.38. The van der Waals surface area contributed by atoms with Crippen molar-refractivity contribution in [2.45, 2.75) is 31.8 Å². The third kappa shape index (κ3) is 4.84. The van der Waals surface area contributed by atoms with Gasteiger partial charge in [0.05, 0.1) is 17.3 Å². The molecule has 1 aromatic heterocycles. The normalized spacial score (nSPS) is 18.7. The molecule has 5 nitrogen and oxygen atoms in total. The second kappa shape index (κ2) is 9.25. The van der Waals surface area contributed by atoms with E-state index in [-0.39, 0.29) is 18.1 Å². The minimum atomic E-state index is -4.69. The average molecular weight is 471 g/mol. The van der Waals surface area contributed by atoms with Gasteiger partial charge in [-0.3, -0.25) is 9.58 Å². The molecular weight excluding hydrogens is 448 g/mol. The quantitative estimate of drug-likeness (QED) is 0.650. The number of alkyl halides is 3. The number of rotatable bonds is 5. The molecule has 2 aromatic rings. The number of aliphatic hydroxyl groups is 1. The van der Waals surface area contributed by atoms with Gasteiger partial charge >= 0.3 is 6.18 Å². The minimum absolute atomic E-state index is 0.146. The summed E-state index contributed by atoms with van der Waals surface area (Å²) < 4.78 is 54.6. The van der Waals surface area contributed by atoms with Gasteiger partial charge in [0, 0.05) is 31.9 Å². The van der Waals surface area contributed by atoms with Crippen LogP contribution in [0.5, 0.6) is 0 Å². The van der Waals surface area contributed by atoms with E-state index in [1.54, 1.807) is 23.1 Å². The van der Waals surface area contributed by atoms with Gasteiger partial charge in [-0.1, -0.05) is 29.8 Å². The Morgan fingerprint density at radius 1 is 1.06 bits per heavy atom. The van der Waals surface area contributed by atoms with Crippen molar-refractivity contribution < 1.29 is 22.7 Å². The van der Waals surface area contributed by atoms with Gasteiger partial charge in [0.1, 0.15) is 12.0 Å². The fourth-order valence-electron chi connectivity index (χ4n) is 4.02. The topological polar surface area (TPSA) is 44.5 Å². The van der Waals surface area contributed by atoms with Gasteiger partial charge in [0.15, 0.2) is 5.69 Å². The van der Waals surface area contributed by atoms with Crippen LogP contribution in [0.2, 0.25) is 5.02 Å². The third-order valence-corrected chi connectivity index (χ3v) is 6.05. The molecule has 10 heteroatoms. The largest absolute Gasteiger partial charge is 0.436 e. The van der Waals surface area contributed by atoms with Gasteiger partial charge in [0.2, 0.25) is 0 Å². The first kappa shape index (κ1) is 22.8. The third-order valence-electron chi connectivity index (χ3n) is 5.70. The first-order chi connectivity index (χ1) is 15.2. The maximum Gasteiger partial charge on any atom is 0.436 e. The fourth-order valence-corrected chi connectivity index (χ4v) is 4.37. The highest BCUT2D eigenvalue weighted by Gasteiger charge is 2.39. The summed E-state index contributed by atoms with van der Waals surface area (Å²) in [6.07, 6.45) is 1.22. The van der Waals surface area contributed by atoms with Gasteiger partial charge in [-0.2, -0.15) is 18.3 Å². The lowest BCUT2D eigenvalue weighted by molar-refractivity contribution is -0.141. The lowest BCUT2D eigenvalue weighted by Crippen LogP contribution is -2.51. The SMILES string of the molecule is OC(Cn1nc(C(F)(F)F)c(Cl)c1C1=CCCC=C1)N1CCN(c2ccc(F)cc2)CC1. The van der Waals surface area contributed by atoms with Crippen LogP contribution in [0.4, 0.5) is 23.2 Å². The van der Waals surface area contributed by atoms with E-state index < -0.39 is 23.1 Å². The van der Waals surface area contributed by atoms with Gasteiger partial charge in [0.25, 0.3) is 0 Å². The van der Waals surface area contributed by atoms with Crippen LogP contribution in [-0.2, 0) is 12.7 Å². The van der Waals surface area contributed by atoms with Gasteiger partial charge in [-0.05, 0) is 42.7 Å². The first-order valence-electron chi connectivity index (χ1n) is 10.4. The van der Waals surface area contributed by atoms with Gasteiger partial charge < -0.3 is 10.0 Å². The molecule has 2 aliphatic rings. The monoisotopic (exact) mass is 470 g/mol. The van der Waals surface area contributed by atoms with E-state index in [2.05, 4.69) is 10.00 Å². The number of allylic oxidation sites excluding steroid dienone is 4. The Morgan fingerprint density at radius 3 is 2.34 bits per heavy atom. The standard InChI is InChI=1S/C22H23ClF4N4O/c23-19-20(15-4-2-1-3-5-15)31(28-21(19)22(25,26)27)14-18(32)30-12-10-29(11-13-30)17-8-6-16(24)7-9-17/h2,4-9,18,32H,1,3,10-14H2. The van der Waals surface area contributed by atoms with Crippen LogP contribution in [0.1, 0.15) is 24.2 Å². The van der Waals surface area contributed by atoms with Crippen molar-refractivity contribution in [3.05, 3.63) is 64.7 Å². The molecule has 0 saturated carbocycles. The van der Waals surface area contributed by atoms with Gasteiger partial charge in [-0.15, -0.1) is 0 Å². The van der Waals surface area contributed by atoms with E-state index in [9.17, 15) is 22.7 Å². The highest BCUT2D eigenvalue weighted by molar-refractivity contribution is 6.33. The molecule has 2 heterocycles. The van der Waals surface area contributed by atoms with Crippen molar-refractivity contribution in [2.75, 3.05) is 31.1 Å². The molecular formula is C22H23ClF4N4O. The molecule has 1 aliphatic carbocycles. The Morgan fingerprint density at radius 2 is 1.75 bits per heavy atom. The number of halogens is 5. The molecule has 0 bridgehead atoms. The van der Waals surface area contributed by atoms with Crippen molar-refractivity contribution in [1.29, 1.82) is 0 Å². The Hall–Kier alpha value is -2.36. The number of benzene rings is 1. The molecule has 4 rings (SSSR count). The number of aliphatic hydroxyl groups excluding tert-OH is 1. The molecule has 1 N–H and O–H groups in total. The van der Waals surface area contributed by atoms with Crippen LogP contribution in [0, 0.1) is 5.82 Å². The predicted molar refractivity (Wildman–Crippen MR) is 115 cm³/mol. The van der Waals surface area contributed by atoms with E-state index >= 15 is 0 Å². The van der Waals surface area contributed by atoms with Gasteiger partial charge in [-0.25, -0.2) is 4.39 Å². The molecule has 0 spiro atoms. The lowest BCUT2D eigenvalue weighted by atomic mass is 10.0. The molecule has 1 unspecified atom stereocenters. The molecule has 1 aromatic carbocycles. The minimum Gasteiger partial charge on any atom is -0.376 e. The molecule has 32 heavy (non-hydrogen) atoms. The number of hydrogen-bond acceptors (Lipinski definition) is 4. The van der Waals surface area contributed by atoms with E-state index in [4.69, 9.17) is 11.6 Å². The molecule has 172 valence electrons. The second-order valence-electron chi connectivity index (χ2n) is 7.81. The number of hydrogen-bond donors (Lipinski definition) is 1. The summed E-state index contributed by atoms with van der Waals surface area (Å²) in [6, 6.07) is 6.19.